The van der Waals surface area contributed by atoms with Crippen LogP contribution in [0.5, 0.6) is 0 Å². The van der Waals surface area contributed by atoms with Crippen molar-refractivity contribution in [1.82, 2.24) is 10.2 Å². The third kappa shape index (κ3) is 8.33. The minimum Gasteiger partial charge on any atom is -0.352 e. The molecule has 0 bridgehead atoms. The number of amides is 2. The Hall–Kier alpha value is -3.36. The molecule has 0 spiro atoms. The summed E-state index contributed by atoms with van der Waals surface area (Å²) in [6, 6.07) is 24.0. The van der Waals surface area contributed by atoms with Gasteiger partial charge in [0.15, 0.2) is 0 Å². The van der Waals surface area contributed by atoms with Gasteiger partial charge in [0, 0.05) is 24.0 Å². The van der Waals surface area contributed by atoms with Crippen LogP contribution in [-0.4, -0.2) is 50.0 Å². The van der Waals surface area contributed by atoms with E-state index in [1.54, 1.807) is 54.6 Å². The first-order valence-electron chi connectivity index (χ1n) is 12.5. The first-order valence-corrected chi connectivity index (χ1v) is 14.7. The molecule has 0 radical (unpaired) electrons. The Morgan fingerprint density at radius 1 is 0.895 bits per heavy atom. The van der Waals surface area contributed by atoms with E-state index in [1.807, 2.05) is 44.2 Å². The number of carbonyl (C=O) groups is 2. The summed E-state index contributed by atoms with van der Waals surface area (Å²) in [7, 11) is -3.78. The van der Waals surface area contributed by atoms with Gasteiger partial charge in [-0.05, 0) is 48.7 Å². The molecule has 9 heteroatoms. The molecule has 0 fully saturated rings. The molecule has 0 aliphatic heterocycles. The molecule has 0 aromatic heterocycles. The molecule has 0 saturated heterocycles. The molecule has 2 atom stereocenters. The maximum Gasteiger partial charge on any atom is 0.244 e. The molecule has 0 aliphatic rings. The number of para-hydroxylation sites is 1. The van der Waals surface area contributed by atoms with E-state index >= 15 is 0 Å². The fourth-order valence-electron chi connectivity index (χ4n) is 3.99. The third-order valence-corrected chi connectivity index (χ3v) is 7.65. The Labute approximate surface area is 230 Å². The minimum absolute atomic E-state index is 0.0925. The summed E-state index contributed by atoms with van der Waals surface area (Å²) in [6.45, 7) is 3.54. The van der Waals surface area contributed by atoms with E-state index in [0.29, 0.717) is 10.7 Å². The van der Waals surface area contributed by atoms with Gasteiger partial charge in [-0.3, -0.25) is 13.9 Å². The molecule has 0 saturated carbocycles. The quantitative estimate of drug-likeness (QED) is 0.352. The second-order valence-corrected chi connectivity index (χ2v) is 11.6. The number of anilines is 1. The molecule has 2 amide bonds. The lowest BCUT2D eigenvalue weighted by Gasteiger charge is -2.34. The highest BCUT2D eigenvalue weighted by Crippen LogP contribution is 2.21. The number of hydrogen-bond donors (Lipinski definition) is 1. The molecule has 0 aliphatic carbocycles. The van der Waals surface area contributed by atoms with E-state index < -0.39 is 28.5 Å². The maximum absolute atomic E-state index is 14.0. The highest BCUT2D eigenvalue weighted by atomic mass is 35.5. The molecule has 0 heterocycles. The Balaban J connectivity index is 2.03. The van der Waals surface area contributed by atoms with Gasteiger partial charge in [0.05, 0.1) is 11.9 Å². The fourth-order valence-corrected chi connectivity index (χ4v) is 4.97. The topological polar surface area (TPSA) is 86.8 Å². The fraction of sp³-hybridized carbons (Fsp3) is 0.310. The molecule has 7 nitrogen and oxygen atoms in total. The number of carbonyl (C=O) groups excluding carboxylic acids is 2. The average molecular weight is 556 g/mol. The summed E-state index contributed by atoms with van der Waals surface area (Å²) < 4.78 is 26.5. The van der Waals surface area contributed by atoms with E-state index in [4.69, 9.17) is 11.6 Å². The molecule has 38 heavy (non-hydrogen) atoms. The van der Waals surface area contributed by atoms with Crippen molar-refractivity contribution in [2.45, 2.75) is 45.3 Å². The van der Waals surface area contributed by atoms with Crippen molar-refractivity contribution in [2.75, 3.05) is 17.1 Å². The number of sulfonamides is 1. The Bertz CT molecular complexity index is 1300. The SMILES string of the molecule is CC[C@@H](C)NC(=O)[C@@H](Cc1ccccc1)N(Cc1ccc(Cl)cc1)C(=O)CN(c1ccccc1)S(C)(=O)=O. The summed E-state index contributed by atoms with van der Waals surface area (Å²) in [5.41, 5.74) is 2.02. The van der Waals surface area contributed by atoms with E-state index in [0.717, 1.165) is 28.1 Å². The summed E-state index contributed by atoms with van der Waals surface area (Å²) >= 11 is 6.07. The zero-order chi connectivity index (χ0) is 27.7. The third-order valence-electron chi connectivity index (χ3n) is 6.26. The van der Waals surface area contributed by atoms with Gasteiger partial charge in [0.2, 0.25) is 21.8 Å². The van der Waals surface area contributed by atoms with E-state index in [-0.39, 0.29) is 24.9 Å². The van der Waals surface area contributed by atoms with Crippen molar-refractivity contribution < 1.29 is 18.0 Å². The lowest BCUT2D eigenvalue weighted by Crippen LogP contribution is -2.54. The zero-order valence-corrected chi connectivity index (χ0v) is 23.5. The summed E-state index contributed by atoms with van der Waals surface area (Å²) in [6.07, 6.45) is 2.06. The molecule has 3 rings (SSSR count). The molecule has 0 unspecified atom stereocenters. The summed E-state index contributed by atoms with van der Waals surface area (Å²) in [5.74, 6) is -0.786. The summed E-state index contributed by atoms with van der Waals surface area (Å²) in [4.78, 5) is 29.0. The van der Waals surface area contributed by atoms with Crippen molar-refractivity contribution in [3.63, 3.8) is 0 Å². The van der Waals surface area contributed by atoms with Crippen LogP contribution >= 0.6 is 11.6 Å². The average Bonchev–Trinajstić information content (AvgIpc) is 2.90. The minimum atomic E-state index is -3.78. The van der Waals surface area contributed by atoms with E-state index in [9.17, 15) is 18.0 Å². The van der Waals surface area contributed by atoms with Crippen LogP contribution in [0.4, 0.5) is 5.69 Å². The Kier molecular flexibility index (Phi) is 10.3. The van der Waals surface area contributed by atoms with Crippen LogP contribution in [0, 0.1) is 0 Å². The van der Waals surface area contributed by atoms with Gasteiger partial charge in [-0.2, -0.15) is 0 Å². The van der Waals surface area contributed by atoms with Crippen LogP contribution in [-0.2, 0) is 32.6 Å². The molecular formula is C29H34ClN3O4S. The standard InChI is InChI=1S/C29H34ClN3O4S/c1-4-22(2)31-29(35)27(19-23-11-7-5-8-12-23)32(20-24-15-17-25(30)18-16-24)28(34)21-33(38(3,36)37)26-13-9-6-10-14-26/h5-18,22,27H,4,19-21H2,1-3H3,(H,31,35)/t22-,27-/m1/s1. The second-order valence-electron chi connectivity index (χ2n) is 9.28. The van der Waals surface area contributed by atoms with Crippen molar-refractivity contribution in [3.05, 3.63) is 101 Å². The van der Waals surface area contributed by atoms with Crippen LogP contribution in [0.1, 0.15) is 31.4 Å². The van der Waals surface area contributed by atoms with Crippen LogP contribution in [0.25, 0.3) is 0 Å². The number of nitrogens with one attached hydrogen (secondary N) is 1. The van der Waals surface area contributed by atoms with E-state index in [2.05, 4.69) is 5.32 Å². The van der Waals surface area contributed by atoms with Gasteiger partial charge in [-0.25, -0.2) is 8.42 Å². The number of benzene rings is 3. The van der Waals surface area contributed by atoms with Crippen molar-refractivity contribution in [2.24, 2.45) is 0 Å². The van der Waals surface area contributed by atoms with Crippen LogP contribution in [0.15, 0.2) is 84.9 Å². The number of nitrogens with zero attached hydrogens (tertiary/aromatic N) is 2. The normalized spacial score (nSPS) is 12.8. The monoisotopic (exact) mass is 555 g/mol. The zero-order valence-electron chi connectivity index (χ0n) is 21.9. The molecule has 202 valence electrons. The van der Waals surface area contributed by atoms with Crippen molar-refractivity contribution in [1.29, 1.82) is 0 Å². The van der Waals surface area contributed by atoms with Crippen LogP contribution in [0.3, 0.4) is 0 Å². The Morgan fingerprint density at radius 2 is 1.47 bits per heavy atom. The van der Waals surface area contributed by atoms with Crippen LogP contribution < -0.4 is 9.62 Å². The van der Waals surface area contributed by atoms with Crippen molar-refractivity contribution >= 4 is 39.1 Å². The number of hydrogen-bond acceptors (Lipinski definition) is 4. The number of halogens is 1. The van der Waals surface area contributed by atoms with Gasteiger partial charge in [-0.15, -0.1) is 0 Å². The second kappa shape index (κ2) is 13.4. The first-order chi connectivity index (χ1) is 18.1. The van der Waals surface area contributed by atoms with Gasteiger partial charge in [0.25, 0.3) is 0 Å². The lowest BCUT2D eigenvalue weighted by atomic mass is 10.0. The molecule has 3 aromatic rings. The van der Waals surface area contributed by atoms with E-state index in [1.165, 1.54) is 4.90 Å². The Morgan fingerprint density at radius 3 is 2.03 bits per heavy atom. The maximum atomic E-state index is 14.0. The van der Waals surface area contributed by atoms with Gasteiger partial charge < -0.3 is 10.2 Å². The number of rotatable bonds is 12. The largest absolute Gasteiger partial charge is 0.352 e. The smallest absolute Gasteiger partial charge is 0.244 e. The summed E-state index contributed by atoms with van der Waals surface area (Å²) in [5, 5.41) is 3.56. The highest BCUT2D eigenvalue weighted by Gasteiger charge is 2.33. The molecule has 1 N–H and O–H groups in total. The van der Waals surface area contributed by atoms with Gasteiger partial charge >= 0.3 is 0 Å². The van der Waals surface area contributed by atoms with Gasteiger partial charge in [-0.1, -0.05) is 79.2 Å². The predicted octanol–water partition coefficient (Wildman–Crippen LogP) is 4.66. The van der Waals surface area contributed by atoms with Crippen LogP contribution in [0.2, 0.25) is 5.02 Å². The van der Waals surface area contributed by atoms with Gasteiger partial charge in [0.1, 0.15) is 12.6 Å². The first kappa shape index (κ1) is 29.2. The molecular weight excluding hydrogens is 522 g/mol. The lowest BCUT2D eigenvalue weighted by molar-refractivity contribution is -0.140. The predicted molar refractivity (Wildman–Crippen MR) is 152 cm³/mol. The molecule has 3 aromatic carbocycles. The van der Waals surface area contributed by atoms with Crippen molar-refractivity contribution in [3.8, 4) is 0 Å². The highest BCUT2D eigenvalue weighted by molar-refractivity contribution is 7.92.